The van der Waals surface area contributed by atoms with Gasteiger partial charge in [0, 0.05) is 0 Å². The van der Waals surface area contributed by atoms with Crippen LogP contribution in [0.2, 0.25) is 0 Å². The molecule has 3 atom stereocenters. The Balaban J connectivity index is 1.86. The number of carbonyl (C=O) groups excluding carboxylic acids is 1. The van der Waals surface area contributed by atoms with Crippen molar-refractivity contribution in [3.8, 4) is 0 Å². The molecule has 102 valence electrons. The first kappa shape index (κ1) is 13.5. The second-order valence-electron chi connectivity index (χ2n) is 4.86. The number of benzene rings is 1. The minimum absolute atomic E-state index is 0.162. The summed E-state index contributed by atoms with van der Waals surface area (Å²) in [6.45, 7) is -0.162. The van der Waals surface area contributed by atoms with Crippen LogP contribution in [0.15, 0.2) is 30.3 Å². The fourth-order valence-corrected chi connectivity index (χ4v) is 2.13. The van der Waals surface area contributed by atoms with E-state index < -0.39 is 17.8 Å². The number of aliphatic carboxylic acids is 1. The summed E-state index contributed by atoms with van der Waals surface area (Å²) in [5, 5.41) is 20.8. The second kappa shape index (κ2) is 5.84. The Kier molecular flexibility index (Phi) is 4.16. The highest BCUT2D eigenvalue weighted by Crippen LogP contribution is 2.38. The third-order valence-corrected chi connectivity index (χ3v) is 3.34. The van der Waals surface area contributed by atoms with Gasteiger partial charge in [0.05, 0.1) is 24.5 Å². The van der Waals surface area contributed by atoms with Gasteiger partial charge in [-0.15, -0.1) is 0 Å². The first-order valence-electron chi connectivity index (χ1n) is 6.29. The molecule has 1 aliphatic carbocycles. The van der Waals surface area contributed by atoms with Crippen LogP contribution in [0.3, 0.4) is 0 Å². The molecule has 0 aromatic heterocycles. The molecule has 0 heterocycles. The van der Waals surface area contributed by atoms with Crippen molar-refractivity contribution < 1.29 is 19.8 Å². The Morgan fingerprint density at radius 3 is 2.47 bits per heavy atom. The molecule has 0 saturated heterocycles. The van der Waals surface area contributed by atoms with Crippen molar-refractivity contribution in [2.45, 2.75) is 18.9 Å². The Bertz CT molecular complexity index is 460. The number of hydrogen-bond donors (Lipinski definition) is 3. The summed E-state index contributed by atoms with van der Waals surface area (Å²) in [4.78, 5) is 22.5. The highest BCUT2D eigenvalue weighted by molar-refractivity contribution is 5.89. The number of hydrogen-bond acceptors (Lipinski definition) is 3. The fraction of sp³-hybridized carbons (Fsp3) is 0.429. The summed E-state index contributed by atoms with van der Waals surface area (Å²) in [5.41, 5.74) is 1.02. The van der Waals surface area contributed by atoms with Crippen LogP contribution in [0.4, 0.5) is 0 Å². The SMILES string of the molecule is O=C(O)C1CC1C(=O)N[C@@H](CO)Cc1ccccc1. The van der Waals surface area contributed by atoms with Gasteiger partial charge in [0.15, 0.2) is 0 Å². The maximum Gasteiger partial charge on any atom is 0.307 e. The van der Waals surface area contributed by atoms with Gasteiger partial charge in [-0.3, -0.25) is 9.59 Å². The molecule has 1 saturated carbocycles. The summed E-state index contributed by atoms with van der Waals surface area (Å²) >= 11 is 0. The highest BCUT2D eigenvalue weighted by Gasteiger charge is 2.48. The normalized spacial score (nSPS) is 22.6. The minimum Gasteiger partial charge on any atom is -0.481 e. The molecular weight excluding hydrogens is 246 g/mol. The summed E-state index contributed by atoms with van der Waals surface area (Å²) < 4.78 is 0. The summed E-state index contributed by atoms with van der Waals surface area (Å²) in [7, 11) is 0. The molecule has 0 bridgehead atoms. The van der Waals surface area contributed by atoms with Crippen molar-refractivity contribution >= 4 is 11.9 Å². The van der Waals surface area contributed by atoms with E-state index in [1.165, 1.54) is 0 Å². The van der Waals surface area contributed by atoms with Gasteiger partial charge in [-0.2, -0.15) is 0 Å². The zero-order valence-corrected chi connectivity index (χ0v) is 10.5. The van der Waals surface area contributed by atoms with Gasteiger partial charge in [-0.25, -0.2) is 0 Å². The molecule has 3 N–H and O–H groups in total. The van der Waals surface area contributed by atoms with Crippen molar-refractivity contribution in [2.24, 2.45) is 11.8 Å². The Hall–Kier alpha value is -1.88. The largest absolute Gasteiger partial charge is 0.481 e. The molecule has 1 fully saturated rings. The monoisotopic (exact) mass is 263 g/mol. The predicted octanol–water partition coefficient (Wildman–Crippen LogP) is 0.427. The van der Waals surface area contributed by atoms with Crippen LogP contribution in [0, 0.1) is 11.8 Å². The number of carboxylic acid groups (broad SMARTS) is 1. The van der Waals surface area contributed by atoms with Crippen LogP contribution < -0.4 is 5.32 Å². The Morgan fingerprint density at radius 1 is 1.26 bits per heavy atom. The van der Waals surface area contributed by atoms with E-state index in [4.69, 9.17) is 5.11 Å². The molecule has 19 heavy (non-hydrogen) atoms. The topological polar surface area (TPSA) is 86.6 Å². The van der Waals surface area contributed by atoms with Crippen LogP contribution in [-0.4, -0.2) is 34.7 Å². The van der Waals surface area contributed by atoms with Crippen molar-refractivity contribution in [3.05, 3.63) is 35.9 Å². The third-order valence-electron chi connectivity index (χ3n) is 3.34. The lowest BCUT2D eigenvalue weighted by atomic mass is 10.1. The molecule has 0 radical (unpaired) electrons. The molecule has 5 nitrogen and oxygen atoms in total. The van der Waals surface area contributed by atoms with Crippen LogP contribution in [0.5, 0.6) is 0 Å². The molecule has 1 aromatic rings. The number of nitrogens with one attached hydrogen (secondary N) is 1. The van der Waals surface area contributed by atoms with E-state index in [1.807, 2.05) is 30.3 Å². The van der Waals surface area contributed by atoms with E-state index in [-0.39, 0.29) is 18.6 Å². The van der Waals surface area contributed by atoms with E-state index in [0.29, 0.717) is 12.8 Å². The van der Waals surface area contributed by atoms with Crippen LogP contribution >= 0.6 is 0 Å². The minimum atomic E-state index is -0.927. The molecule has 2 unspecified atom stereocenters. The molecule has 0 spiro atoms. The standard InChI is InChI=1S/C14H17NO4/c16-8-10(6-9-4-2-1-3-5-9)15-13(17)11-7-12(11)14(18)19/h1-5,10-12,16H,6-8H2,(H,15,17)(H,18,19)/t10-,11?,12?/m1/s1. The lowest BCUT2D eigenvalue weighted by molar-refractivity contribution is -0.140. The maximum atomic E-state index is 11.8. The summed E-state index contributed by atoms with van der Waals surface area (Å²) in [6, 6.07) is 9.17. The number of carboxylic acids is 1. The lowest BCUT2D eigenvalue weighted by Crippen LogP contribution is -2.40. The molecule has 1 amide bonds. The van der Waals surface area contributed by atoms with Crippen LogP contribution in [-0.2, 0) is 16.0 Å². The van der Waals surface area contributed by atoms with E-state index in [1.54, 1.807) is 0 Å². The summed E-state index contributed by atoms with van der Waals surface area (Å²) in [6.07, 6.45) is 0.929. The Morgan fingerprint density at radius 2 is 1.95 bits per heavy atom. The van der Waals surface area contributed by atoms with E-state index >= 15 is 0 Å². The number of carbonyl (C=O) groups is 2. The van der Waals surface area contributed by atoms with Gasteiger partial charge in [0.1, 0.15) is 0 Å². The average molecular weight is 263 g/mol. The average Bonchev–Trinajstić information content (AvgIpc) is 3.19. The van der Waals surface area contributed by atoms with Crippen molar-refractivity contribution in [3.63, 3.8) is 0 Å². The molecule has 1 aliphatic rings. The van der Waals surface area contributed by atoms with Crippen molar-refractivity contribution in [1.29, 1.82) is 0 Å². The quantitative estimate of drug-likeness (QED) is 0.694. The zero-order chi connectivity index (χ0) is 13.8. The van der Waals surface area contributed by atoms with Gasteiger partial charge in [-0.05, 0) is 18.4 Å². The van der Waals surface area contributed by atoms with E-state index in [2.05, 4.69) is 5.32 Å². The van der Waals surface area contributed by atoms with Gasteiger partial charge in [0.25, 0.3) is 0 Å². The van der Waals surface area contributed by atoms with Gasteiger partial charge in [0.2, 0.25) is 5.91 Å². The second-order valence-corrected chi connectivity index (χ2v) is 4.86. The van der Waals surface area contributed by atoms with Crippen LogP contribution in [0.1, 0.15) is 12.0 Å². The highest BCUT2D eigenvalue weighted by atomic mass is 16.4. The zero-order valence-electron chi connectivity index (χ0n) is 10.5. The molecule has 1 aromatic carbocycles. The molecule has 5 heteroatoms. The maximum absolute atomic E-state index is 11.8. The van der Waals surface area contributed by atoms with E-state index in [0.717, 1.165) is 5.56 Å². The van der Waals surface area contributed by atoms with Gasteiger partial charge >= 0.3 is 5.97 Å². The van der Waals surface area contributed by atoms with Crippen LogP contribution in [0.25, 0.3) is 0 Å². The lowest BCUT2D eigenvalue weighted by Gasteiger charge is -2.16. The number of rotatable bonds is 6. The fourth-order valence-electron chi connectivity index (χ4n) is 2.13. The molecule has 2 rings (SSSR count). The third kappa shape index (κ3) is 3.54. The molecular formula is C14H17NO4. The number of aliphatic hydroxyl groups excluding tert-OH is 1. The van der Waals surface area contributed by atoms with E-state index in [9.17, 15) is 14.7 Å². The summed E-state index contributed by atoms with van der Waals surface area (Å²) in [5.74, 6) is -2.20. The van der Waals surface area contributed by atoms with Gasteiger partial charge < -0.3 is 15.5 Å². The number of aliphatic hydroxyl groups is 1. The van der Waals surface area contributed by atoms with Gasteiger partial charge in [-0.1, -0.05) is 30.3 Å². The van der Waals surface area contributed by atoms with Crippen molar-refractivity contribution in [2.75, 3.05) is 6.61 Å². The molecule has 0 aliphatic heterocycles. The first-order valence-corrected chi connectivity index (χ1v) is 6.29. The Labute approximate surface area is 111 Å². The number of amides is 1. The smallest absolute Gasteiger partial charge is 0.307 e. The predicted molar refractivity (Wildman–Crippen MR) is 68.4 cm³/mol. The first-order chi connectivity index (χ1) is 9.11. The van der Waals surface area contributed by atoms with Crippen molar-refractivity contribution in [1.82, 2.24) is 5.32 Å².